The topological polar surface area (TPSA) is 59.0 Å². The number of alkyl halides is 3. The fourth-order valence-electron chi connectivity index (χ4n) is 6.88. The average molecular weight is 718 g/mol. The van der Waals surface area contributed by atoms with Crippen LogP contribution in [-0.4, -0.2) is 64.6 Å². The van der Waals surface area contributed by atoms with Crippen molar-refractivity contribution in [1.82, 2.24) is 19.7 Å². The number of aromatic nitrogens is 1. The van der Waals surface area contributed by atoms with Crippen molar-refractivity contribution in [2.24, 2.45) is 0 Å². The lowest BCUT2D eigenvalue weighted by Crippen LogP contribution is -2.45. The highest BCUT2D eigenvalue weighted by Crippen LogP contribution is 2.40. The molecule has 2 atom stereocenters. The third-order valence-electron chi connectivity index (χ3n) is 9.16. The first-order valence-corrected chi connectivity index (χ1v) is 17.3. The maximum Gasteiger partial charge on any atom is 0.573 e. The summed E-state index contributed by atoms with van der Waals surface area (Å²) in [6.07, 6.45) is -0.603. The summed E-state index contributed by atoms with van der Waals surface area (Å²) >= 11 is 12.8. The van der Waals surface area contributed by atoms with E-state index in [1.54, 1.807) is 12.1 Å². The first-order valence-electron chi connectivity index (χ1n) is 16.6. The number of benzene rings is 3. The van der Waals surface area contributed by atoms with Crippen LogP contribution in [0.15, 0.2) is 66.9 Å². The monoisotopic (exact) mass is 716 g/mol. The highest BCUT2D eigenvalue weighted by atomic mass is 35.5. The van der Waals surface area contributed by atoms with Gasteiger partial charge in [-0.1, -0.05) is 41.4 Å². The number of fused-ring (bicyclic) bond motifs is 1. The van der Waals surface area contributed by atoms with E-state index in [0.29, 0.717) is 16.6 Å². The van der Waals surface area contributed by atoms with Crippen LogP contribution in [0.2, 0.25) is 10.0 Å². The summed E-state index contributed by atoms with van der Waals surface area (Å²) in [5.41, 5.74) is 4.38. The lowest BCUT2D eigenvalue weighted by atomic mass is 9.96. The van der Waals surface area contributed by atoms with Crippen LogP contribution in [0.3, 0.4) is 0 Å². The second-order valence-corrected chi connectivity index (χ2v) is 14.8. The third-order valence-corrected chi connectivity index (χ3v) is 9.87. The number of alkyl carbamates (subject to hydrolysis) is 1. The number of nitrogens with zero attached hydrogens (tertiary/aromatic N) is 3. The molecule has 1 aliphatic heterocycles. The summed E-state index contributed by atoms with van der Waals surface area (Å²) in [7, 11) is 0. The number of amides is 1. The quantitative estimate of drug-likeness (QED) is 0.197. The molecule has 49 heavy (non-hydrogen) atoms. The molecule has 1 saturated carbocycles. The standard InChI is InChI=1S/C37H41Cl2F3N4O3/c1-36(2,3)49-35(47)43-26-9-8-25(20-26)30-23-46(27-10-12-28(13-11-27)48-37(40,41)42)34-19-24(7-14-29(30)34)21-44-15-17-45(18-16-44)22-31-32(38)5-4-6-33(31)39/h4-7,10-14,19,23,25-26H,8-9,15-18,20-22H2,1-3H3,(H,43,47). The molecule has 0 bridgehead atoms. The Morgan fingerprint density at radius 3 is 2.18 bits per heavy atom. The molecule has 2 fully saturated rings. The molecule has 262 valence electrons. The zero-order chi connectivity index (χ0) is 34.9. The Hall–Kier alpha value is -3.44. The fourth-order valence-corrected chi connectivity index (χ4v) is 7.40. The minimum Gasteiger partial charge on any atom is -0.444 e. The average Bonchev–Trinajstić information content (AvgIpc) is 3.63. The smallest absolute Gasteiger partial charge is 0.444 e. The molecule has 12 heteroatoms. The van der Waals surface area contributed by atoms with E-state index in [1.807, 2.05) is 43.5 Å². The van der Waals surface area contributed by atoms with Crippen molar-refractivity contribution in [3.8, 4) is 11.4 Å². The number of nitrogens with one attached hydrogen (secondary N) is 1. The minimum atomic E-state index is -4.76. The van der Waals surface area contributed by atoms with Gasteiger partial charge in [-0.3, -0.25) is 9.80 Å². The van der Waals surface area contributed by atoms with Gasteiger partial charge in [-0.05, 0) is 99.5 Å². The zero-order valence-electron chi connectivity index (χ0n) is 27.8. The largest absolute Gasteiger partial charge is 0.573 e. The summed E-state index contributed by atoms with van der Waals surface area (Å²) in [6, 6.07) is 18.0. The van der Waals surface area contributed by atoms with Crippen molar-refractivity contribution in [2.45, 2.75) is 77.0 Å². The molecule has 2 unspecified atom stereocenters. The van der Waals surface area contributed by atoms with Crippen molar-refractivity contribution >= 4 is 40.2 Å². The Morgan fingerprint density at radius 2 is 1.55 bits per heavy atom. The number of rotatable bonds is 8. The van der Waals surface area contributed by atoms with Gasteiger partial charge in [0.1, 0.15) is 11.4 Å². The SMILES string of the molecule is CC(C)(C)OC(=O)NC1CCC(c2cn(-c3ccc(OC(F)(F)F)cc3)c3cc(CN4CCN(Cc5c(Cl)cccc5Cl)CC4)ccc23)C1. The third kappa shape index (κ3) is 9.03. The number of halogens is 5. The van der Waals surface area contributed by atoms with Crippen LogP contribution in [0.1, 0.15) is 62.6 Å². The first kappa shape index (κ1) is 35.4. The number of hydrogen-bond donors (Lipinski definition) is 1. The van der Waals surface area contributed by atoms with Crippen molar-refractivity contribution in [3.63, 3.8) is 0 Å². The van der Waals surface area contributed by atoms with Crippen LogP contribution in [0.5, 0.6) is 5.75 Å². The summed E-state index contributed by atoms with van der Waals surface area (Å²) in [4.78, 5) is 17.3. The molecule has 0 spiro atoms. The normalized spacial score (nSPS) is 19.3. The number of ether oxygens (including phenoxy) is 2. The van der Waals surface area contributed by atoms with Gasteiger partial charge < -0.3 is 19.4 Å². The van der Waals surface area contributed by atoms with E-state index in [0.717, 1.165) is 85.3 Å². The Bertz CT molecular complexity index is 1760. The Balaban J connectivity index is 1.21. The van der Waals surface area contributed by atoms with E-state index in [-0.39, 0.29) is 17.7 Å². The molecule has 1 aromatic heterocycles. The van der Waals surface area contributed by atoms with Gasteiger partial charge in [0.2, 0.25) is 0 Å². The maximum atomic E-state index is 12.9. The Morgan fingerprint density at radius 1 is 0.898 bits per heavy atom. The van der Waals surface area contributed by atoms with E-state index < -0.39 is 18.1 Å². The predicted molar refractivity (Wildman–Crippen MR) is 187 cm³/mol. The molecule has 1 aliphatic carbocycles. The fraction of sp³-hybridized carbons (Fsp3) is 0.432. The van der Waals surface area contributed by atoms with Crippen LogP contribution < -0.4 is 10.1 Å². The molecule has 0 radical (unpaired) electrons. The van der Waals surface area contributed by atoms with E-state index in [2.05, 4.69) is 44.2 Å². The van der Waals surface area contributed by atoms with E-state index in [1.165, 1.54) is 12.1 Å². The van der Waals surface area contributed by atoms with Crippen LogP contribution >= 0.6 is 23.2 Å². The molecular weight excluding hydrogens is 676 g/mol. The summed E-state index contributed by atoms with van der Waals surface area (Å²) in [6.45, 7) is 10.5. The minimum absolute atomic E-state index is 0.0102. The molecule has 1 N–H and O–H groups in total. The van der Waals surface area contributed by atoms with Gasteiger partial charge in [-0.2, -0.15) is 0 Å². The summed E-state index contributed by atoms with van der Waals surface area (Å²) in [5.74, 6) is -0.0708. The number of carbonyl (C=O) groups is 1. The number of carbonyl (C=O) groups excluding carboxylic acids is 1. The molecular formula is C37H41Cl2F3N4O3. The number of hydrogen-bond acceptors (Lipinski definition) is 5. The molecule has 3 aromatic carbocycles. The molecule has 6 rings (SSSR count). The second-order valence-electron chi connectivity index (χ2n) is 14.0. The molecule has 4 aromatic rings. The van der Waals surface area contributed by atoms with Gasteiger partial charge in [0.15, 0.2) is 0 Å². The molecule has 2 aliphatic rings. The van der Waals surface area contributed by atoms with Crippen LogP contribution in [0, 0.1) is 0 Å². The van der Waals surface area contributed by atoms with Gasteiger partial charge in [0, 0.05) is 78.2 Å². The molecule has 2 heterocycles. The van der Waals surface area contributed by atoms with Crippen molar-refractivity contribution in [2.75, 3.05) is 26.2 Å². The molecule has 1 amide bonds. The zero-order valence-corrected chi connectivity index (χ0v) is 29.3. The van der Waals surface area contributed by atoms with Crippen LogP contribution in [0.25, 0.3) is 16.6 Å². The lowest BCUT2D eigenvalue weighted by Gasteiger charge is -2.35. The van der Waals surface area contributed by atoms with E-state index in [4.69, 9.17) is 27.9 Å². The summed E-state index contributed by atoms with van der Waals surface area (Å²) < 4.78 is 50.2. The predicted octanol–water partition coefficient (Wildman–Crippen LogP) is 9.31. The van der Waals surface area contributed by atoms with E-state index >= 15 is 0 Å². The van der Waals surface area contributed by atoms with Gasteiger partial charge in [0.05, 0.1) is 5.52 Å². The highest BCUT2D eigenvalue weighted by Gasteiger charge is 2.32. The maximum absolute atomic E-state index is 12.9. The second kappa shape index (κ2) is 14.4. The Kier molecular flexibility index (Phi) is 10.4. The van der Waals surface area contributed by atoms with E-state index in [9.17, 15) is 18.0 Å². The molecule has 1 saturated heterocycles. The van der Waals surface area contributed by atoms with Gasteiger partial charge in [-0.25, -0.2) is 4.79 Å². The van der Waals surface area contributed by atoms with Crippen molar-refractivity contribution < 1.29 is 27.4 Å². The van der Waals surface area contributed by atoms with Crippen molar-refractivity contribution in [3.05, 3.63) is 93.6 Å². The highest BCUT2D eigenvalue weighted by molar-refractivity contribution is 6.35. The van der Waals surface area contributed by atoms with Gasteiger partial charge >= 0.3 is 12.5 Å². The van der Waals surface area contributed by atoms with Gasteiger partial charge in [0.25, 0.3) is 0 Å². The molecule has 7 nitrogen and oxygen atoms in total. The first-order chi connectivity index (χ1) is 23.2. The van der Waals surface area contributed by atoms with Crippen molar-refractivity contribution in [1.29, 1.82) is 0 Å². The number of piperazine rings is 1. The Labute approximate surface area is 294 Å². The summed E-state index contributed by atoms with van der Waals surface area (Å²) in [5, 5.41) is 5.48. The lowest BCUT2D eigenvalue weighted by molar-refractivity contribution is -0.274. The van der Waals surface area contributed by atoms with Gasteiger partial charge in [-0.15, -0.1) is 13.2 Å². The van der Waals surface area contributed by atoms with Crippen LogP contribution in [0.4, 0.5) is 18.0 Å². The van der Waals surface area contributed by atoms with Crippen LogP contribution in [-0.2, 0) is 17.8 Å².